The predicted molar refractivity (Wildman–Crippen MR) is 101 cm³/mol. The van der Waals surface area contributed by atoms with Crippen LogP contribution in [0.2, 0.25) is 0 Å². The van der Waals surface area contributed by atoms with Crippen molar-refractivity contribution in [1.82, 2.24) is 9.78 Å². The number of nitrogens with zero attached hydrogens (tertiary/aromatic N) is 3. The zero-order chi connectivity index (χ0) is 17.4. The second-order valence-electron chi connectivity index (χ2n) is 6.85. The Labute approximate surface area is 156 Å². The number of rotatable bonds is 5. The third-order valence-corrected chi connectivity index (χ3v) is 6.27. The molecular formula is C18H23N4OS2+. The van der Waals surface area contributed by atoms with Crippen molar-refractivity contribution in [3.63, 3.8) is 0 Å². The third kappa shape index (κ3) is 3.54. The molecule has 1 atom stereocenters. The zero-order valence-corrected chi connectivity index (χ0v) is 16.0. The molecule has 1 N–H and O–H groups in total. The van der Waals surface area contributed by atoms with Crippen LogP contribution in [0.1, 0.15) is 37.3 Å². The number of hydrogen-bond acceptors (Lipinski definition) is 4. The molecule has 1 aromatic carbocycles. The molecule has 2 aromatic rings. The Morgan fingerprint density at radius 1 is 1.40 bits per heavy atom. The topological polar surface area (TPSA) is 42.6 Å². The Hall–Kier alpha value is -1.57. The average molecular weight is 376 g/mol. The molecule has 1 fully saturated rings. The summed E-state index contributed by atoms with van der Waals surface area (Å²) in [7, 11) is 0. The third-order valence-electron chi connectivity index (χ3n) is 4.96. The lowest BCUT2D eigenvalue weighted by Gasteiger charge is -2.25. The molecule has 0 radical (unpaired) electrons. The van der Waals surface area contributed by atoms with Crippen LogP contribution >= 0.6 is 23.6 Å². The maximum Gasteiger partial charge on any atom is 0.228 e. The summed E-state index contributed by atoms with van der Waals surface area (Å²) in [6, 6.07) is 9.00. The van der Waals surface area contributed by atoms with E-state index in [-0.39, 0.29) is 5.91 Å². The molecule has 1 saturated carbocycles. The Bertz CT molecular complexity index is 840. The largest absolute Gasteiger partial charge is 0.312 e. The number of fused-ring (bicyclic) bond motifs is 1. The molecule has 1 aliphatic heterocycles. The van der Waals surface area contributed by atoms with Gasteiger partial charge in [-0.25, -0.2) is 0 Å². The van der Waals surface area contributed by atoms with Gasteiger partial charge in [-0.2, -0.15) is 4.68 Å². The first kappa shape index (κ1) is 16.9. The van der Waals surface area contributed by atoms with Gasteiger partial charge in [-0.1, -0.05) is 42.5 Å². The molecule has 132 valence electrons. The van der Waals surface area contributed by atoms with E-state index in [9.17, 15) is 4.79 Å². The van der Waals surface area contributed by atoms with E-state index in [1.165, 1.54) is 27.4 Å². The second kappa shape index (κ2) is 6.97. The van der Waals surface area contributed by atoms with E-state index in [2.05, 4.69) is 24.3 Å². The summed E-state index contributed by atoms with van der Waals surface area (Å²) in [4.78, 5) is 15.6. The summed E-state index contributed by atoms with van der Waals surface area (Å²) in [5, 5.41) is 5.48. The highest BCUT2D eigenvalue weighted by Crippen LogP contribution is 2.33. The first-order valence-electron chi connectivity index (χ1n) is 8.96. The molecule has 1 aromatic heterocycles. The summed E-state index contributed by atoms with van der Waals surface area (Å²) in [5.41, 5.74) is 2.88. The summed E-state index contributed by atoms with van der Waals surface area (Å²) in [6.45, 7) is 4.77. The SMILES string of the molecule is CCC(=O)N(c1nn(C[NH+]2CCc3ccccc3C2)c(=S)s1)C1CC1. The summed E-state index contributed by atoms with van der Waals surface area (Å²) in [6.07, 6.45) is 3.76. The zero-order valence-electron chi connectivity index (χ0n) is 14.4. The Morgan fingerprint density at radius 3 is 2.88 bits per heavy atom. The number of amides is 1. The highest BCUT2D eigenvalue weighted by molar-refractivity contribution is 7.73. The van der Waals surface area contributed by atoms with Crippen LogP contribution in [0.4, 0.5) is 5.13 Å². The fraction of sp³-hybridized carbons (Fsp3) is 0.500. The minimum absolute atomic E-state index is 0.151. The van der Waals surface area contributed by atoms with Crippen molar-refractivity contribution >= 4 is 34.6 Å². The lowest BCUT2D eigenvalue weighted by molar-refractivity contribution is -0.938. The molecule has 0 spiro atoms. The van der Waals surface area contributed by atoms with Gasteiger partial charge in [0.2, 0.25) is 11.0 Å². The number of nitrogens with one attached hydrogen (secondary N) is 1. The smallest absolute Gasteiger partial charge is 0.228 e. The molecule has 0 saturated heterocycles. The molecule has 25 heavy (non-hydrogen) atoms. The van der Waals surface area contributed by atoms with Gasteiger partial charge in [0, 0.05) is 24.4 Å². The lowest BCUT2D eigenvalue weighted by Crippen LogP contribution is -3.11. The number of quaternary nitrogens is 1. The van der Waals surface area contributed by atoms with Gasteiger partial charge in [0.15, 0.2) is 10.6 Å². The first-order valence-corrected chi connectivity index (χ1v) is 10.2. The molecule has 2 aliphatic rings. The van der Waals surface area contributed by atoms with E-state index < -0.39 is 0 Å². The lowest BCUT2D eigenvalue weighted by atomic mass is 10.0. The van der Waals surface area contributed by atoms with E-state index >= 15 is 0 Å². The van der Waals surface area contributed by atoms with Crippen molar-refractivity contribution in [3.05, 3.63) is 39.3 Å². The van der Waals surface area contributed by atoms with E-state index in [1.807, 2.05) is 16.5 Å². The van der Waals surface area contributed by atoms with Crippen LogP contribution in [0.5, 0.6) is 0 Å². The normalized spacial score (nSPS) is 19.5. The maximum absolute atomic E-state index is 12.3. The van der Waals surface area contributed by atoms with Gasteiger partial charge in [-0.15, -0.1) is 5.10 Å². The summed E-state index contributed by atoms with van der Waals surface area (Å²) in [5.74, 6) is 0.151. The van der Waals surface area contributed by atoms with Crippen molar-refractivity contribution in [1.29, 1.82) is 0 Å². The van der Waals surface area contributed by atoms with Crippen molar-refractivity contribution < 1.29 is 9.69 Å². The van der Waals surface area contributed by atoms with E-state index in [1.54, 1.807) is 0 Å². The molecule has 1 aliphatic carbocycles. The van der Waals surface area contributed by atoms with Gasteiger partial charge < -0.3 is 4.90 Å². The molecule has 2 heterocycles. The van der Waals surface area contributed by atoms with Crippen LogP contribution in [-0.4, -0.2) is 28.3 Å². The van der Waals surface area contributed by atoms with Crippen molar-refractivity contribution in [2.24, 2.45) is 0 Å². The quantitative estimate of drug-likeness (QED) is 0.815. The van der Waals surface area contributed by atoms with Gasteiger partial charge in [0.05, 0.1) is 6.54 Å². The molecular weight excluding hydrogens is 352 g/mol. The van der Waals surface area contributed by atoms with Gasteiger partial charge >= 0.3 is 0 Å². The fourth-order valence-corrected chi connectivity index (χ4v) is 4.64. The highest BCUT2D eigenvalue weighted by atomic mass is 32.1. The van der Waals surface area contributed by atoms with Crippen LogP contribution < -0.4 is 9.80 Å². The number of benzene rings is 1. The highest BCUT2D eigenvalue weighted by Gasteiger charge is 2.35. The molecule has 1 unspecified atom stereocenters. The van der Waals surface area contributed by atoms with Crippen LogP contribution in [-0.2, 0) is 24.4 Å². The van der Waals surface area contributed by atoms with Crippen LogP contribution in [0.15, 0.2) is 24.3 Å². The van der Waals surface area contributed by atoms with Crippen LogP contribution in [0.25, 0.3) is 0 Å². The number of anilines is 1. The van der Waals surface area contributed by atoms with Crippen LogP contribution in [0, 0.1) is 3.95 Å². The van der Waals surface area contributed by atoms with Gasteiger partial charge in [-0.3, -0.25) is 9.69 Å². The standard InChI is InChI=1S/C18H22N4OS2/c1-2-16(23)22(15-7-8-15)17-19-21(18(24)25-17)12-20-10-9-13-5-3-4-6-14(13)11-20/h3-6,15H,2,7-12H2,1H3/p+1. The minimum Gasteiger partial charge on any atom is -0.312 e. The predicted octanol–water partition coefficient (Wildman–Crippen LogP) is 2.18. The molecule has 1 amide bonds. The molecule has 7 heteroatoms. The molecule has 0 bridgehead atoms. The Balaban J connectivity index is 1.51. The number of aromatic nitrogens is 2. The second-order valence-corrected chi connectivity index (χ2v) is 8.45. The Kier molecular flexibility index (Phi) is 4.71. The van der Waals surface area contributed by atoms with Gasteiger partial charge in [-0.05, 0) is 30.6 Å². The van der Waals surface area contributed by atoms with Crippen molar-refractivity contribution in [3.8, 4) is 0 Å². The Morgan fingerprint density at radius 2 is 2.16 bits per heavy atom. The fourth-order valence-electron chi connectivity index (χ4n) is 3.45. The van der Waals surface area contributed by atoms with E-state index in [0.717, 1.165) is 48.1 Å². The molecule has 5 nitrogen and oxygen atoms in total. The summed E-state index contributed by atoms with van der Waals surface area (Å²) >= 11 is 7.00. The minimum atomic E-state index is 0.151. The average Bonchev–Trinajstić information content (AvgIpc) is 3.39. The van der Waals surface area contributed by atoms with Crippen LogP contribution in [0.3, 0.4) is 0 Å². The number of hydrogen-bond donors (Lipinski definition) is 1. The van der Waals surface area contributed by atoms with Gasteiger partial charge in [0.25, 0.3) is 0 Å². The van der Waals surface area contributed by atoms with Crippen molar-refractivity contribution in [2.75, 3.05) is 11.4 Å². The molecule has 4 rings (SSSR count). The van der Waals surface area contributed by atoms with E-state index in [4.69, 9.17) is 17.3 Å². The first-order chi connectivity index (χ1) is 12.2. The maximum atomic E-state index is 12.3. The monoisotopic (exact) mass is 375 g/mol. The summed E-state index contributed by atoms with van der Waals surface area (Å²) < 4.78 is 2.67. The van der Waals surface area contributed by atoms with E-state index in [0.29, 0.717) is 12.5 Å². The number of carbonyl (C=O) groups is 1. The number of carbonyl (C=O) groups excluding carboxylic acids is 1. The van der Waals surface area contributed by atoms with Gasteiger partial charge in [0.1, 0.15) is 6.54 Å². The van der Waals surface area contributed by atoms with Crippen molar-refractivity contribution in [2.45, 2.75) is 51.9 Å².